The molecule has 1 amide bonds. The van der Waals surface area contributed by atoms with Gasteiger partial charge in [0.05, 0.1) is 35.8 Å². The lowest BCUT2D eigenvalue weighted by Crippen LogP contribution is -2.50. The number of methoxy groups -OCH3 is 1. The molecule has 0 aliphatic heterocycles. The number of carbonyl (C=O) groups is 1. The van der Waals surface area contributed by atoms with Gasteiger partial charge in [0.15, 0.2) is 17.5 Å². The van der Waals surface area contributed by atoms with Crippen molar-refractivity contribution in [3.8, 4) is 5.82 Å². The molecule has 0 aromatic carbocycles. The van der Waals surface area contributed by atoms with Gasteiger partial charge in [-0.05, 0) is 51.2 Å². The van der Waals surface area contributed by atoms with E-state index in [1.54, 1.807) is 25.6 Å². The number of hydrogen-bond acceptors (Lipinski definition) is 8. The minimum absolute atomic E-state index is 0.134. The third kappa shape index (κ3) is 5.27. The fraction of sp³-hybridized carbons (Fsp3) is 0.357. The van der Waals surface area contributed by atoms with Gasteiger partial charge in [-0.2, -0.15) is 15.3 Å². The van der Waals surface area contributed by atoms with Gasteiger partial charge in [0, 0.05) is 42.4 Å². The molecule has 6 rings (SSSR count). The summed E-state index contributed by atoms with van der Waals surface area (Å²) in [6.45, 7) is 3.84. The van der Waals surface area contributed by atoms with Crippen molar-refractivity contribution >= 4 is 28.4 Å². The number of anilines is 2. The van der Waals surface area contributed by atoms with Gasteiger partial charge >= 0.3 is 0 Å². The first-order valence-corrected chi connectivity index (χ1v) is 13.5. The van der Waals surface area contributed by atoms with Crippen molar-refractivity contribution < 1.29 is 13.9 Å². The third-order valence-electron chi connectivity index (χ3n) is 7.82. The maximum absolute atomic E-state index is 13.5. The fourth-order valence-electron chi connectivity index (χ4n) is 5.47. The number of rotatable bonds is 8. The number of pyridine rings is 2. The molecule has 0 radical (unpaired) electrons. The van der Waals surface area contributed by atoms with Crippen molar-refractivity contribution in [3.63, 3.8) is 0 Å². The number of ether oxygens (including phenoxy) is 1. The first kappa shape index (κ1) is 26.6. The first-order chi connectivity index (χ1) is 19.8. The maximum atomic E-state index is 13.5. The van der Waals surface area contributed by atoms with Crippen molar-refractivity contribution in [3.05, 3.63) is 71.8 Å². The Morgan fingerprint density at radius 2 is 2.00 bits per heavy atom. The normalized spacial score (nSPS) is 19.8. The van der Waals surface area contributed by atoms with Crippen LogP contribution in [0.25, 0.3) is 16.7 Å². The number of nitrogens with one attached hydrogen (secondary N) is 4. The van der Waals surface area contributed by atoms with E-state index >= 15 is 0 Å². The zero-order chi connectivity index (χ0) is 28.6. The molecule has 5 aromatic rings. The Bertz CT molecular complexity index is 1670. The molecule has 0 spiro atoms. The summed E-state index contributed by atoms with van der Waals surface area (Å²) in [4.78, 5) is 22.8. The highest BCUT2D eigenvalue weighted by Gasteiger charge is 2.43. The van der Waals surface area contributed by atoms with E-state index in [0.29, 0.717) is 30.3 Å². The average molecular weight is 559 g/mol. The van der Waals surface area contributed by atoms with Crippen LogP contribution in [0.4, 0.5) is 16.0 Å². The molecule has 5 aromatic heterocycles. The molecule has 5 heterocycles. The third-order valence-corrected chi connectivity index (χ3v) is 7.82. The highest BCUT2D eigenvalue weighted by Crippen LogP contribution is 2.42. The maximum Gasteiger partial charge on any atom is 0.252 e. The van der Waals surface area contributed by atoms with Crippen LogP contribution in [0.3, 0.4) is 0 Å². The second-order valence-electron chi connectivity index (χ2n) is 10.5. The zero-order valence-corrected chi connectivity index (χ0v) is 23.0. The summed E-state index contributed by atoms with van der Waals surface area (Å²) in [5.74, 6) is 1.39. The Morgan fingerprint density at radius 1 is 1.17 bits per heavy atom. The van der Waals surface area contributed by atoms with Crippen LogP contribution in [0.1, 0.15) is 61.5 Å². The number of nitrogens with zero attached hydrogens (tertiary/aromatic N) is 6. The lowest BCUT2D eigenvalue weighted by molar-refractivity contribution is -0.148. The van der Waals surface area contributed by atoms with E-state index in [1.807, 2.05) is 32.0 Å². The second kappa shape index (κ2) is 10.7. The van der Waals surface area contributed by atoms with Gasteiger partial charge in [-0.3, -0.25) is 15.0 Å². The van der Waals surface area contributed by atoms with Crippen molar-refractivity contribution in [2.75, 3.05) is 12.4 Å². The number of hydrogen-bond donors (Lipinski definition) is 4. The molecule has 1 saturated carbocycles. The van der Waals surface area contributed by atoms with Crippen LogP contribution < -0.4 is 10.6 Å². The van der Waals surface area contributed by atoms with E-state index in [2.05, 4.69) is 41.1 Å². The molecule has 0 unspecified atom stereocenters. The molecule has 0 saturated heterocycles. The minimum Gasteiger partial charge on any atom is -0.368 e. The predicted molar refractivity (Wildman–Crippen MR) is 149 cm³/mol. The molecule has 12 nitrogen and oxygen atoms in total. The van der Waals surface area contributed by atoms with Crippen LogP contribution in [-0.4, -0.2) is 58.8 Å². The van der Waals surface area contributed by atoms with E-state index in [-0.39, 0.29) is 17.9 Å². The number of aromatic nitrogens is 8. The lowest BCUT2D eigenvalue weighted by Gasteiger charge is -2.38. The molecule has 212 valence electrons. The van der Waals surface area contributed by atoms with Gasteiger partial charge in [0.1, 0.15) is 11.4 Å². The highest BCUT2D eigenvalue weighted by molar-refractivity contribution is 5.86. The van der Waals surface area contributed by atoms with E-state index in [9.17, 15) is 9.18 Å². The number of fused-ring (bicyclic) bond motifs is 1. The number of carbonyl (C=O) groups excluding carboxylic acids is 1. The van der Waals surface area contributed by atoms with Gasteiger partial charge in [-0.15, -0.1) is 0 Å². The smallest absolute Gasteiger partial charge is 0.252 e. The summed E-state index contributed by atoms with van der Waals surface area (Å²) in [5.41, 5.74) is 2.65. The summed E-state index contributed by atoms with van der Waals surface area (Å²) < 4.78 is 20.5. The van der Waals surface area contributed by atoms with E-state index in [4.69, 9.17) is 9.72 Å². The highest BCUT2D eigenvalue weighted by atomic mass is 19.1. The number of aryl methyl sites for hydroxylation is 1. The lowest BCUT2D eigenvalue weighted by atomic mass is 9.76. The summed E-state index contributed by atoms with van der Waals surface area (Å²) in [6.07, 6.45) is 8.39. The SMILES string of the molecule is CO[C@]1(C(=O)N[C@@H](C)c2ccc(-n3cc(F)cn3)nc2)CC[C@H](c2nc(Nc3cc(C)[nH]n3)cc3[nH]ncc32)CC1. The molecule has 1 atom stereocenters. The molecule has 0 bridgehead atoms. The largest absolute Gasteiger partial charge is 0.368 e. The molecule has 1 fully saturated rings. The van der Waals surface area contributed by atoms with Gasteiger partial charge in [0.2, 0.25) is 0 Å². The summed E-state index contributed by atoms with van der Waals surface area (Å²) >= 11 is 0. The van der Waals surface area contributed by atoms with Crippen molar-refractivity contribution in [1.82, 2.24) is 45.5 Å². The van der Waals surface area contributed by atoms with Crippen LogP contribution in [0.2, 0.25) is 0 Å². The van der Waals surface area contributed by atoms with Crippen molar-refractivity contribution in [1.29, 1.82) is 0 Å². The van der Waals surface area contributed by atoms with E-state index in [0.717, 1.165) is 46.9 Å². The standard InChI is InChI=1S/C28H31FN10O2/c1-16-10-24(38-36-16)34-23-11-22-21(14-31-37-22)26(35-23)18-6-8-28(41-3,9-7-18)27(40)33-17(2)19-4-5-25(30-12-19)39-15-20(29)13-32-39/h4-5,10-15,17-18H,6-9H2,1-3H3,(H,31,37)(H,33,40)(H2,34,35,36,38)/t17-,18-,28+/m0/s1. The molecule has 13 heteroatoms. The number of H-pyrrole nitrogens is 2. The Balaban J connectivity index is 1.14. The fourth-order valence-corrected chi connectivity index (χ4v) is 5.47. The minimum atomic E-state index is -0.942. The van der Waals surface area contributed by atoms with Crippen LogP contribution in [-0.2, 0) is 9.53 Å². The Kier molecular flexibility index (Phi) is 6.95. The van der Waals surface area contributed by atoms with Gasteiger partial charge < -0.3 is 15.4 Å². The first-order valence-electron chi connectivity index (χ1n) is 13.5. The molecular formula is C28H31FN10O2. The molecule has 41 heavy (non-hydrogen) atoms. The van der Waals surface area contributed by atoms with Crippen LogP contribution in [0.5, 0.6) is 0 Å². The molecule has 1 aliphatic carbocycles. The summed E-state index contributed by atoms with van der Waals surface area (Å²) in [6, 6.07) is 7.11. The Hall–Kier alpha value is -4.65. The zero-order valence-electron chi connectivity index (χ0n) is 23.0. The summed E-state index contributed by atoms with van der Waals surface area (Å²) in [7, 11) is 1.59. The summed E-state index contributed by atoms with van der Waals surface area (Å²) in [5, 5.41) is 25.7. The number of amides is 1. The number of halogens is 1. The van der Waals surface area contributed by atoms with E-state index < -0.39 is 11.4 Å². The van der Waals surface area contributed by atoms with Gasteiger partial charge in [-0.25, -0.2) is 19.0 Å². The van der Waals surface area contributed by atoms with Gasteiger partial charge in [0.25, 0.3) is 5.91 Å². The monoisotopic (exact) mass is 558 g/mol. The second-order valence-corrected chi connectivity index (χ2v) is 10.5. The van der Waals surface area contributed by atoms with Crippen LogP contribution >= 0.6 is 0 Å². The number of aromatic amines is 2. The molecule has 4 N–H and O–H groups in total. The average Bonchev–Trinajstić information content (AvgIpc) is 3.74. The Morgan fingerprint density at radius 3 is 2.66 bits per heavy atom. The van der Waals surface area contributed by atoms with Crippen molar-refractivity contribution in [2.24, 2.45) is 0 Å². The Labute approximate surface area is 235 Å². The predicted octanol–water partition coefficient (Wildman–Crippen LogP) is 4.37. The van der Waals surface area contributed by atoms with Gasteiger partial charge in [-0.1, -0.05) is 6.07 Å². The van der Waals surface area contributed by atoms with E-state index in [1.165, 1.54) is 10.9 Å². The van der Waals surface area contributed by atoms with Crippen LogP contribution in [0, 0.1) is 12.7 Å². The quantitative estimate of drug-likeness (QED) is 0.219. The topological polar surface area (TPSA) is 151 Å². The van der Waals surface area contributed by atoms with Crippen LogP contribution in [0.15, 0.2) is 49.1 Å². The molecule has 1 aliphatic rings. The van der Waals surface area contributed by atoms with Crippen molar-refractivity contribution in [2.45, 2.75) is 57.1 Å². The molecular weight excluding hydrogens is 527 g/mol.